The molecule has 0 atom stereocenters. The Morgan fingerprint density at radius 2 is 1.88 bits per heavy atom. The van der Waals surface area contributed by atoms with Crippen LogP contribution in [0.2, 0.25) is 0 Å². The van der Waals surface area contributed by atoms with Crippen molar-refractivity contribution in [1.29, 1.82) is 0 Å². The van der Waals surface area contributed by atoms with Crippen molar-refractivity contribution < 1.29 is 0 Å². The third-order valence-electron chi connectivity index (χ3n) is 2.59. The molecular weight excluding hydrogens is 238 g/mol. The number of hydrogen-bond donors (Lipinski definition) is 1. The smallest absolute Gasteiger partial charge is 0.0345 e. The topological polar surface area (TPSA) is 26.0 Å². The highest BCUT2D eigenvalue weighted by atomic mass is 35.5. The standard InChI is InChI=1S/C13H15NS.ClH/c1-9-7-11(4-5-12(9)8-14)13-6-3-10(2)15-13;/h3-7H,8,14H2,1-2H3;1H. The van der Waals surface area contributed by atoms with E-state index >= 15 is 0 Å². The minimum atomic E-state index is 0. The maximum atomic E-state index is 5.65. The highest BCUT2D eigenvalue weighted by molar-refractivity contribution is 7.15. The molecule has 1 aromatic heterocycles. The zero-order valence-corrected chi connectivity index (χ0v) is 11.1. The van der Waals surface area contributed by atoms with Gasteiger partial charge in [-0.25, -0.2) is 0 Å². The monoisotopic (exact) mass is 253 g/mol. The minimum Gasteiger partial charge on any atom is -0.326 e. The molecule has 0 saturated heterocycles. The molecule has 0 radical (unpaired) electrons. The summed E-state index contributed by atoms with van der Waals surface area (Å²) >= 11 is 1.83. The number of rotatable bonds is 2. The van der Waals surface area contributed by atoms with Crippen LogP contribution in [0.1, 0.15) is 16.0 Å². The molecule has 0 fully saturated rings. The van der Waals surface area contributed by atoms with Gasteiger partial charge in [0.1, 0.15) is 0 Å². The Balaban J connectivity index is 0.00000128. The van der Waals surface area contributed by atoms with Gasteiger partial charge in [0.05, 0.1) is 0 Å². The van der Waals surface area contributed by atoms with Crippen LogP contribution < -0.4 is 5.73 Å². The molecule has 0 amide bonds. The van der Waals surface area contributed by atoms with E-state index < -0.39 is 0 Å². The Kier molecular flexibility index (Phi) is 4.54. The Labute approximate surface area is 107 Å². The number of benzene rings is 1. The average Bonchev–Trinajstić information content (AvgIpc) is 2.65. The molecule has 0 spiro atoms. The first-order chi connectivity index (χ1) is 7.20. The zero-order chi connectivity index (χ0) is 10.8. The van der Waals surface area contributed by atoms with Gasteiger partial charge in [-0.3, -0.25) is 0 Å². The molecule has 2 N–H and O–H groups in total. The minimum absolute atomic E-state index is 0. The molecule has 2 aromatic rings. The second-order valence-electron chi connectivity index (χ2n) is 3.76. The quantitative estimate of drug-likeness (QED) is 0.863. The van der Waals surface area contributed by atoms with Crippen LogP contribution in [0, 0.1) is 13.8 Å². The number of aryl methyl sites for hydroxylation is 2. The van der Waals surface area contributed by atoms with Gasteiger partial charge < -0.3 is 5.73 Å². The second-order valence-corrected chi connectivity index (χ2v) is 5.04. The number of hydrogen-bond acceptors (Lipinski definition) is 2. The average molecular weight is 254 g/mol. The van der Waals surface area contributed by atoms with Gasteiger partial charge in [0.15, 0.2) is 0 Å². The molecule has 1 aromatic carbocycles. The van der Waals surface area contributed by atoms with Crippen LogP contribution in [-0.4, -0.2) is 0 Å². The summed E-state index contributed by atoms with van der Waals surface area (Å²) < 4.78 is 0. The molecule has 3 heteroatoms. The number of nitrogens with two attached hydrogens (primary N) is 1. The van der Waals surface area contributed by atoms with E-state index in [0.717, 1.165) is 0 Å². The molecule has 0 bridgehead atoms. The summed E-state index contributed by atoms with van der Waals surface area (Å²) in [6.07, 6.45) is 0. The van der Waals surface area contributed by atoms with E-state index in [4.69, 9.17) is 5.73 Å². The van der Waals surface area contributed by atoms with Gasteiger partial charge in [-0.05, 0) is 42.7 Å². The molecular formula is C13H16ClNS. The van der Waals surface area contributed by atoms with Gasteiger partial charge in [0.2, 0.25) is 0 Å². The van der Waals surface area contributed by atoms with Gasteiger partial charge in [0, 0.05) is 16.3 Å². The van der Waals surface area contributed by atoms with Crippen molar-refractivity contribution in [2.75, 3.05) is 0 Å². The largest absolute Gasteiger partial charge is 0.326 e. The lowest BCUT2D eigenvalue weighted by molar-refractivity contribution is 1.05. The first-order valence-electron chi connectivity index (χ1n) is 5.07. The molecule has 0 aliphatic rings. The summed E-state index contributed by atoms with van der Waals surface area (Å²) in [4.78, 5) is 2.68. The van der Waals surface area contributed by atoms with Crippen molar-refractivity contribution in [2.24, 2.45) is 5.73 Å². The summed E-state index contributed by atoms with van der Waals surface area (Å²) in [5.74, 6) is 0. The van der Waals surface area contributed by atoms with Crippen molar-refractivity contribution in [3.63, 3.8) is 0 Å². The van der Waals surface area contributed by atoms with E-state index in [1.165, 1.54) is 26.4 Å². The summed E-state index contributed by atoms with van der Waals surface area (Å²) in [6.45, 7) is 4.87. The van der Waals surface area contributed by atoms with E-state index in [1.807, 2.05) is 11.3 Å². The van der Waals surface area contributed by atoms with Gasteiger partial charge in [0.25, 0.3) is 0 Å². The fraction of sp³-hybridized carbons (Fsp3) is 0.231. The fourth-order valence-electron chi connectivity index (χ4n) is 1.67. The first-order valence-corrected chi connectivity index (χ1v) is 5.89. The lowest BCUT2D eigenvalue weighted by Crippen LogP contribution is -1.98. The van der Waals surface area contributed by atoms with Crippen molar-refractivity contribution in [2.45, 2.75) is 20.4 Å². The van der Waals surface area contributed by atoms with E-state index in [1.54, 1.807) is 0 Å². The Hall–Kier alpha value is -0.830. The van der Waals surface area contributed by atoms with E-state index in [0.29, 0.717) is 6.54 Å². The molecule has 16 heavy (non-hydrogen) atoms. The summed E-state index contributed by atoms with van der Waals surface area (Å²) in [7, 11) is 0. The highest BCUT2D eigenvalue weighted by Gasteiger charge is 2.02. The van der Waals surface area contributed by atoms with E-state index in [2.05, 4.69) is 44.2 Å². The summed E-state index contributed by atoms with van der Waals surface area (Å²) in [5, 5.41) is 0. The van der Waals surface area contributed by atoms with Crippen LogP contribution in [0.4, 0.5) is 0 Å². The van der Waals surface area contributed by atoms with Gasteiger partial charge >= 0.3 is 0 Å². The number of thiophene rings is 1. The maximum absolute atomic E-state index is 5.65. The summed E-state index contributed by atoms with van der Waals surface area (Å²) in [5.41, 5.74) is 9.45. The van der Waals surface area contributed by atoms with Crippen LogP contribution in [-0.2, 0) is 6.54 Å². The summed E-state index contributed by atoms with van der Waals surface area (Å²) in [6, 6.07) is 10.8. The fourth-order valence-corrected chi connectivity index (χ4v) is 2.53. The van der Waals surface area contributed by atoms with Gasteiger partial charge in [-0.1, -0.05) is 18.2 Å². The van der Waals surface area contributed by atoms with E-state index in [-0.39, 0.29) is 12.4 Å². The molecule has 1 nitrogen and oxygen atoms in total. The lowest BCUT2D eigenvalue weighted by Gasteiger charge is -2.05. The van der Waals surface area contributed by atoms with Gasteiger partial charge in [-0.2, -0.15) is 0 Å². The van der Waals surface area contributed by atoms with Crippen LogP contribution in [0.5, 0.6) is 0 Å². The SMILES string of the molecule is Cc1ccc(-c2ccc(CN)c(C)c2)s1.Cl. The Morgan fingerprint density at radius 1 is 1.12 bits per heavy atom. The molecule has 0 aliphatic carbocycles. The molecule has 0 unspecified atom stereocenters. The number of halogens is 1. The Morgan fingerprint density at radius 3 is 2.38 bits per heavy atom. The van der Waals surface area contributed by atoms with Gasteiger partial charge in [-0.15, -0.1) is 23.7 Å². The van der Waals surface area contributed by atoms with Crippen LogP contribution in [0.3, 0.4) is 0 Å². The molecule has 0 aliphatic heterocycles. The lowest BCUT2D eigenvalue weighted by atomic mass is 10.0. The van der Waals surface area contributed by atoms with Crippen molar-refractivity contribution >= 4 is 23.7 Å². The molecule has 86 valence electrons. The predicted molar refractivity (Wildman–Crippen MR) is 74.4 cm³/mol. The van der Waals surface area contributed by atoms with Crippen LogP contribution >= 0.6 is 23.7 Å². The molecule has 1 heterocycles. The first kappa shape index (κ1) is 13.2. The Bertz CT molecular complexity index is 477. The van der Waals surface area contributed by atoms with E-state index in [9.17, 15) is 0 Å². The highest BCUT2D eigenvalue weighted by Crippen LogP contribution is 2.28. The van der Waals surface area contributed by atoms with Crippen LogP contribution in [0.15, 0.2) is 30.3 Å². The molecule has 0 saturated carbocycles. The predicted octanol–water partition coefficient (Wildman–Crippen LogP) is 3.91. The van der Waals surface area contributed by atoms with Crippen molar-refractivity contribution in [3.8, 4) is 10.4 Å². The van der Waals surface area contributed by atoms with Crippen molar-refractivity contribution in [1.82, 2.24) is 0 Å². The third kappa shape index (κ3) is 2.64. The third-order valence-corrected chi connectivity index (χ3v) is 3.64. The maximum Gasteiger partial charge on any atom is 0.0345 e. The second kappa shape index (κ2) is 5.48. The molecule has 2 rings (SSSR count). The van der Waals surface area contributed by atoms with Crippen molar-refractivity contribution in [3.05, 3.63) is 46.3 Å². The normalized spacial score (nSPS) is 9.94. The zero-order valence-electron chi connectivity index (χ0n) is 9.49. The van der Waals surface area contributed by atoms with Crippen LogP contribution in [0.25, 0.3) is 10.4 Å².